The summed E-state index contributed by atoms with van der Waals surface area (Å²) in [6.45, 7) is -0.467. The maximum Gasteiger partial charge on any atom is 0.387 e. The number of nitrogens with zero attached hydrogens (tertiary/aromatic N) is 1. The molecule has 1 N–H and O–H groups in total. The number of hydrogen-bond donors (Lipinski definition) is 1. The largest absolute Gasteiger partial charge is 0.434 e. The van der Waals surface area contributed by atoms with Gasteiger partial charge in [0, 0.05) is 28.8 Å². The molecule has 0 bridgehead atoms. The van der Waals surface area contributed by atoms with Gasteiger partial charge in [-0.25, -0.2) is 0 Å². The van der Waals surface area contributed by atoms with Gasteiger partial charge in [0.1, 0.15) is 5.75 Å². The van der Waals surface area contributed by atoms with Gasteiger partial charge in [0.2, 0.25) is 0 Å². The highest BCUT2D eigenvalue weighted by atomic mass is 79.9. The maximum atomic E-state index is 12.4. The van der Waals surface area contributed by atoms with Gasteiger partial charge in [0.25, 0.3) is 0 Å². The number of ether oxygens (including phenoxy) is 1. The van der Waals surface area contributed by atoms with E-state index in [-0.39, 0.29) is 11.8 Å². The number of rotatable bonds is 6. The first-order chi connectivity index (χ1) is 10.1. The fourth-order valence-electron chi connectivity index (χ4n) is 1.90. The van der Waals surface area contributed by atoms with Crippen molar-refractivity contribution in [2.24, 2.45) is 0 Å². The summed E-state index contributed by atoms with van der Waals surface area (Å²) in [6, 6.07) is 10.6. The van der Waals surface area contributed by atoms with Crippen molar-refractivity contribution < 1.29 is 13.5 Å². The molecule has 0 radical (unpaired) electrons. The summed E-state index contributed by atoms with van der Waals surface area (Å²) in [5.41, 5.74) is 1.55. The number of benzene rings is 1. The van der Waals surface area contributed by atoms with Crippen molar-refractivity contribution in [1.82, 2.24) is 10.3 Å². The second-order valence-corrected chi connectivity index (χ2v) is 5.40. The first kappa shape index (κ1) is 15.9. The van der Waals surface area contributed by atoms with Gasteiger partial charge < -0.3 is 10.1 Å². The van der Waals surface area contributed by atoms with Crippen LogP contribution in [0, 0.1) is 0 Å². The van der Waals surface area contributed by atoms with E-state index in [0.717, 1.165) is 10.2 Å². The zero-order valence-electron chi connectivity index (χ0n) is 11.4. The Kier molecular flexibility index (Phi) is 5.64. The van der Waals surface area contributed by atoms with E-state index in [4.69, 9.17) is 0 Å². The fourth-order valence-corrected chi connectivity index (χ4v) is 2.31. The van der Waals surface area contributed by atoms with Crippen LogP contribution in [0.1, 0.15) is 24.2 Å². The van der Waals surface area contributed by atoms with Gasteiger partial charge in [-0.15, -0.1) is 0 Å². The number of alkyl halides is 2. The highest BCUT2D eigenvalue weighted by Gasteiger charge is 2.12. The molecule has 6 heteroatoms. The molecular formula is C15H15BrF2N2O. The predicted octanol–water partition coefficient (Wildman–Crippen LogP) is 4.30. The van der Waals surface area contributed by atoms with Gasteiger partial charge in [-0.3, -0.25) is 4.98 Å². The third-order valence-electron chi connectivity index (χ3n) is 2.97. The lowest BCUT2D eigenvalue weighted by molar-refractivity contribution is -0.0505. The standard InChI is InChI=1S/C15H15BrF2N2O/c1-10(13-4-2-3-7-19-13)20-9-11-8-12(16)5-6-14(11)21-15(17)18/h2-8,10,15,20H,9H2,1H3/t10-/m1/s1. The number of nitrogens with one attached hydrogen (secondary N) is 1. The second kappa shape index (κ2) is 7.47. The van der Waals surface area contributed by atoms with Crippen molar-refractivity contribution in [2.75, 3.05) is 0 Å². The molecule has 0 saturated carbocycles. The van der Waals surface area contributed by atoms with E-state index in [9.17, 15) is 8.78 Å². The van der Waals surface area contributed by atoms with Crippen LogP contribution in [0.25, 0.3) is 0 Å². The Bertz CT molecular complexity index is 581. The first-order valence-electron chi connectivity index (χ1n) is 6.44. The van der Waals surface area contributed by atoms with Crippen molar-refractivity contribution in [3.63, 3.8) is 0 Å². The van der Waals surface area contributed by atoms with E-state index in [1.54, 1.807) is 18.3 Å². The van der Waals surface area contributed by atoms with Gasteiger partial charge in [-0.1, -0.05) is 22.0 Å². The summed E-state index contributed by atoms with van der Waals surface area (Å²) >= 11 is 3.33. The second-order valence-electron chi connectivity index (χ2n) is 4.49. The van der Waals surface area contributed by atoms with E-state index >= 15 is 0 Å². The van der Waals surface area contributed by atoms with E-state index in [1.165, 1.54) is 6.07 Å². The topological polar surface area (TPSA) is 34.1 Å². The van der Waals surface area contributed by atoms with Crippen LogP contribution in [0.4, 0.5) is 8.78 Å². The molecule has 1 aromatic heterocycles. The molecule has 0 fully saturated rings. The molecule has 0 aliphatic carbocycles. The predicted molar refractivity (Wildman–Crippen MR) is 80.3 cm³/mol. The van der Waals surface area contributed by atoms with Gasteiger partial charge in [-0.05, 0) is 37.3 Å². The van der Waals surface area contributed by atoms with Crippen molar-refractivity contribution in [1.29, 1.82) is 0 Å². The smallest absolute Gasteiger partial charge is 0.387 e. The lowest BCUT2D eigenvalue weighted by Crippen LogP contribution is -2.19. The van der Waals surface area contributed by atoms with Crippen molar-refractivity contribution in [2.45, 2.75) is 26.1 Å². The van der Waals surface area contributed by atoms with Crippen LogP contribution in [0.2, 0.25) is 0 Å². The summed E-state index contributed by atoms with van der Waals surface area (Å²) in [5.74, 6) is 0.175. The monoisotopic (exact) mass is 356 g/mol. The molecule has 2 aromatic rings. The Labute approximate surface area is 130 Å². The van der Waals surface area contributed by atoms with Gasteiger partial charge in [-0.2, -0.15) is 8.78 Å². The molecule has 21 heavy (non-hydrogen) atoms. The highest BCUT2D eigenvalue weighted by molar-refractivity contribution is 9.10. The Morgan fingerprint density at radius 2 is 2.10 bits per heavy atom. The van der Waals surface area contributed by atoms with E-state index in [2.05, 4.69) is 31.0 Å². The summed E-state index contributed by atoms with van der Waals surface area (Å²) in [4.78, 5) is 4.26. The molecule has 0 amide bonds. The third-order valence-corrected chi connectivity index (χ3v) is 3.46. The minimum absolute atomic E-state index is 0.00424. The number of hydrogen-bond acceptors (Lipinski definition) is 3. The minimum atomic E-state index is -2.84. The zero-order valence-corrected chi connectivity index (χ0v) is 13.0. The fraction of sp³-hybridized carbons (Fsp3) is 0.267. The molecular weight excluding hydrogens is 342 g/mol. The normalized spacial score (nSPS) is 12.4. The Morgan fingerprint density at radius 3 is 2.76 bits per heavy atom. The van der Waals surface area contributed by atoms with Crippen LogP contribution in [0.5, 0.6) is 5.75 Å². The number of aromatic nitrogens is 1. The third kappa shape index (κ3) is 4.75. The van der Waals surface area contributed by atoms with E-state index in [0.29, 0.717) is 12.1 Å². The van der Waals surface area contributed by atoms with Crippen LogP contribution in [0.15, 0.2) is 47.1 Å². The van der Waals surface area contributed by atoms with Crippen molar-refractivity contribution in [3.8, 4) is 5.75 Å². The van der Waals surface area contributed by atoms with Crippen LogP contribution in [-0.2, 0) is 6.54 Å². The van der Waals surface area contributed by atoms with Gasteiger partial charge >= 0.3 is 6.61 Å². The SMILES string of the molecule is C[C@@H](NCc1cc(Br)ccc1OC(F)F)c1ccccn1. The van der Waals surface area contributed by atoms with Gasteiger partial charge in [0.05, 0.1) is 5.69 Å². The average molecular weight is 357 g/mol. The molecule has 1 aromatic carbocycles. The summed E-state index contributed by atoms with van der Waals surface area (Å²) in [6.07, 6.45) is 1.72. The minimum Gasteiger partial charge on any atom is -0.434 e. The number of halogens is 3. The quantitative estimate of drug-likeness (QED) is 0.837. The van der Waals surface area contributed by atoms with Crippen LogP contribution >= 0.6 is 15.9 Å². The van der Waals surface area contributed by atoms with E-state index in [1.807, 2.05) is 25.1 Å². The summed E-state index contributed by atoms with van der Waals surface area (Å²) < 4.78 is 30.1. The molecule has 1 atom stereocenters. The molecule has 2 rings (SSSR count). The van der Waals surface area contributed by atoms with Crippen LogP contribution in [-0.4, -0.2) is 11.6 Å². The van der Waals surface area contributed by atoms with Crippen molar-refractivity contribution in [3.05, 3.63) is 58.3 Å². The molecule has 3 nitrogen and oxygen atoms in total. The average Bonchev–Trinajstić information content (AvgIpc) is 2.47. The number of pyridine rings is 1. The molecule has 0 aliphatic heterocycles. The van der Waals surface area contributed by atoms with Gasteiger partial charge in [0.15, 0.2) is 0 Å². The Morgan fingerprint density at radius 1 is 1.29 bits per heavy atom. The Hall–Kier alpha value is -1.53. The molecule has 0 aliphatic rings. The van der Waals surface area contributed by atoms with Crippen LogP contribution < -0.4 is 10.1 Å². The molecule has 0 unspecified atom stereocenters. The Balaban J connectivity index is 2.07. The summed E-state index contributed by atoms with van der Waals surface area (Å²) in [5, 5.41) is 3.25. The van der Waals surface area contributed by atoms with Crippen LogP contribution in [0.3, 0.4) is 0 Å². The lowest BCUT2D eigenvalue weighted by atomic mass is 10.1. The zero-order chi connectivity index (χ0) is 15.2. The molecule has 0 saturated heterocycles. The molecule has 0 spiro atoms. The summed E-state index contributed by atoms with van der Waals surface area (Å²) in [7, 11) is 0. The first-order valence-corrected chi connectivity index (χ1v) is 7.23. The molecule has 112 valence electrons. The lowest BCUT2D eigenvalue weighted by Gasteiger charge is -2.16. The van der Waals surface area contributed by atoms with Crippen molar-refractivity contribution >= 4 is 15.9 Å². The highest BCUT2D eigenvalue weighted by Crippen LogP contribution is 2.25. The maximum absolute atomic E-state index is 12.4. The molecule has 1 heterocycles. The van der Waals surface area contributed by atoms with E-state index < -0.39 is 6.61 Å².